The summed E-state index contributed by atoms with van der Waals surface area (Å²) in [6.45, 7) is 9.02. The van der Waals surface area contributed by atoms with Gasteiger partial charge in [-0.25, -0.2) is 0 Å². The molecule has 3 nitrogen and oxygen atoms in total. The van der Waals surface area contributed by atoms with Crippen LogP contribution >= 0.6 is 0 Å². The Morgan fingerprint density at radius 1 is 1.44 bits per heavy atom. The van der Waals surface area contributed by atoms with Gasteiger partial charge in [0.1, 0.15) is 0 Å². The average molecular weight is 228 g/mol. The Morgan fingerprint density at radius 2 is 2.19 bits per heavy atom. The molecule has 1 saturated heterocycles. The third kappa shape index (κ3) is 5.28. The Hall–Kier alpha value is -0.120. The summed E-state index contributed by atoms with van der Waals surface area (Å²) in [5, 5.41) is 3.70. The lowest BCUT2D eigenvalue weighted by molar-refractivity contribution is 0.143. The van der Waals surface area contributed by atoms with E-state index in [2.05, 4.69) is 31.1 Å². The van der Waals surface area contributed by atoms with Gasteiger partial charge >= 0.3 is 0 Å². The highest BCUT2D eigenvalue weighted by Gasteiger charge is 2.21. The van der Waals surface area contributed by atoms with Gasteiger partial charge in [0.05, 0.1) is 0 Å². The van der Waals surface area contributed by atoms with E-state index in [1.807, 2.05) is 0 Å². The first-order valence-corrected chi connectivity index (χ1v) is 6.44. The van der Waals surface area contributed by atoms with Crippen molar-refractivity contribution in [2.45, 2.75) is 39.2 Å². The monoisotopic (exact) mass is 228 g/mol. The number of hydrogen-bond acceptors (Lipinski definition) is 3. The van der Waals surface area contributed by atoms with Gasteiger partial charge in [-0.1, -0.05) is 13.8 Å². The molecule has 1 aliphatic heterocycles. The smallest absolute Gasteiger partial charge is 0.0467 e. The molecule has 0 spiro atoms. The van der Waals surface area contributed by atoms with Crippen LogP contribution < -0.4 is 5.32 Å². The van der Waals surface area contributed by atoms with Gasteiger partial charge < -0.3 is 15.0 Å². The number of ether oxygens (including phenoxy) is 1. The molecule has 0 aromatic rings. The molecular weight excluding hydrogens is 200 g/mol. The third-order valence-corrected chi connectivity index (χ3v) is 3.48. The Balaban J connectivity index is 2.21. The van der Waals surface area contributed by atoms with Gasteiger partial charge in [-0.3, -0.25) is 0 Å². The van der Waals surface area contributed by atoms with E-state index in [0.29, 0.717) is 11.5 Å². The zero-order valence-corrected chi connectivity index (χ0v) is 11.4. The van der Waals surface area contributed by atoms with Crippen LogP contribution in [0.4, 0.5) is 0 Å². The van der Waals surface area contributed by atoms with Gasteiger partial charge in [0.25, 0.3) is 0 Å². The molecule has 1 heterocycles. The van der Waals surface area contributed by atoms with Crippen molar-refractivity contribution in [1.29, 1.82) is 0 Å². The Bertz CT molecular complexity index is 194. The summed E-state index contributed by atoms with van der Waals surface area (Å²) >= 11 is 0. The maximum atomic E-state index is 5.15. The minimum atomic E-state index is 0.339. The first-order chi connectivity index (χ1) is 7.53. The minimum absolute atomic E-state index is 0.339. The second-order valence-electron chi connectivity index (χ2n) is 5.89. The number of likely N-dealkylation sites (N-methyl/N-ethyl adjacent to an activating group) is 1. The predicted octanol–water partition coefficient (Wildman–Crippen LogP) is 1.73. The predicted molar refractivity (Wildman–Crippen MR) is 68.8 cm³/mol. The van der Waals surface area contributed by atoms with Crippen molar-refractivity contribution in [3.05, 3.63) is 0 Å². The van der Waals surface area contributed by atoms with Crippen LogP contribution in [0.1, 0.15) is 33.1 Å². The molecule has 1 unspecified atom stereocenters. The van der Waals surface area contributed by atoms with E-state index in [9.17, 15) is 0 Å². The second-order valence-corrected chi connectivity index (χ2v) is 5.89. The molecule has 0 aromatic carbocycles. The van der Waals surface area contributed by atoms with Gasteiger partial charge in [-0.05, 0) is 38.3 Å². The average Bonchev–Trinajstić information content (AvgIpc) is 2.24. The van der Waals surface area contributed by atoms with E-state index in [1.165, 1.54) is 25.9 Å². The lowest BCUT2D eigenvalue weighted by Gasteiger charge is -2.33. The van der Waals surface area contributed by atoms with Crippen molar-refractivity contribution >= 4 is 0 Å². The van der Waals surface area contributed by atoms with Gasteiger partial charge in [0, 0.05) is 32.8 Å². The maximum absolute atomic E-state index is 5.15. The molecule has 1 atom stereocenters. The number of piperidine rings is 1. The fourth-order valence-corrected chi connectivity index (χ4v) is 2.22. The third-order valence-electron chi connectivity index (χ3n) is 3.48. The molecule has 0 radical (unpaired) electrons. The largest absolute Gasteiger partial charge is 0.385 e. The molecule has 96 valence electrons. The van der Waals surface area contributed by atoms with E-state index < -0.39 is 0 Å². The lowest BCUT2D eigenvalue weighted by Crippen LogP contribution is -2.46. The number of nitrogens with one attached hydrogen (secondary N) is 1. The molecule has 0 bridgehead atoms. The highest BCUT2D eigenvalue weighted by Crippen LogP contribution is 2.19. The summed E-state index contributed by atoms with van der Waals surface area (Å²) in [5.41, 5.74) is 0.339. The normalized spacial score (nSPS) is 23.6. The molecule has 1 rings (SSSR count). The molecule has 3 heteroatoms. The fraction of sp³-hybridized carbons (Fsp3) is 1.00. The Labute approximate surface area is 101 Å². The van der Waals surface area contributed by atoms with Gasteiger partial charge in [-0.15, -0.1) is 0 Å². The van der Waals surface area contributed by atoms with E-state index in [0.717, 1.165) is 19.6 Å². The first kappa shape index (κ1) is 13.9. The Morgan fingerprint density at radius 3 is 2.81 bits per heavy atom. The summed E-state index contributed by atoms with van der Waals surface area (Å²) in [4.78, 5) is 2.42. The molecule has 0 saturated carbocycles. The standard InChI is InChI=1S/C13H28N2O/c1-13(2,7-9-16-4)11-14-12-6-5-8-15(3)10-12/h12,14H,5-11H2,1-4H3. The van der Waals surface area contributed by atoms with Crippen molar-refractivity contribution in [2.24, 2.45) is 5.41 Å². The number of methoxy groups -OCH3 is 1. The van der Waals surface area contributed by atoms with Crippen LogP contribution in [0.2, 0.25) is 0 Å². The van der Waals surface area contributed by atoms with E-state index in [-0.39, 0.29) is 0 Å². The Kier molecular flexibility index (Phi) is 5.73. The van der Waals surface area contributed by atoms with Crippen molar-refractivity contribution in [3.63, 3.8) is 0 Å². The molecule has 1 fully saturated rings. The summed E-state index contributed by atoms with van der Waals surface area (Å²) in [7, 11) is 3.99. The van der Waals surface area contributed by atoms with Crippen molar-refractivity contribution in [3.8, 4) is 0 Å². The molecule has 0 aromatic heterocycles. The van der Waals surface area contributed by atoms with Crippen molar-refractivity contribution in [1.82, 2.24) is 10.2 Å². The molecule has 16 heavy (non-hydrogen) atoms. The van der Waals surface area contributed by atoms with Crippen LogP contribution in [0.25, 0.3) is 0 Å². The topological polar surface area (TPSA) is 24.5 Å². The summed E-state index contributed by atoms with van der Waals surface area (Å²) in [6, 6.07) is 0.681. The molecule has 0 amide bonds. The minimum Gasteiger partial charge on any atom is -0.385 e. The van der Waals surface area contributed by atoms with Crippen LogP contribution in [0.5, 0.6) is 0 Å². The molecule has 0 aliphatic carbocycles. The van der Waals surface area contributed by atoms with E-state index in [4.69, 9.17) is 4.74 Å². The highest BCUT2D eigenvalue weighted by atomic mass is 16.5. The van der Waals surface area contributed by atoms with E-state index >= 15 is 0 Å². The summed E-state index contributed by atoms with van der Waals surface area (Å²) in [5.74, 6) is 0. The number of likely N-dealkylation sites (tertiary alicyclic amines) is 1. The van der Waals surface area contributed by atoms with Crippen LogP contribution in [0.3, 0.4) is 0 Å². The molecular formula is C13H28N2O. The number of hydrogen-bond donors (Lipinski definition) is 1. The van der Waals surface area contributed by atoms with Gasteiger partial charge in [0.2, 0.25) is 0 Å². The summed E-state index contributed by atoms with van der Waals surface area (Å²) < 4.78 is 5.15. The van der Waals surface area contributed by atoms with Crippen LogP contribution in [0, 0.1) is 5.41 Å². The highest BCUT2D eigenvalue weighted by molar-refractivity contribution is 4.80. The van der Waals surface area contributed by atoms with Crippen LogP contribution in [0.15, 0.2) is 0 Å². The van der Waals surface area contributed by atoms with E-state index in [1.54, 1.807) is 7.11 Å². The number of rotatable bonds is 6. The van der Waals surface area contributed by atoms with Gasteiger partial charge in [0.15, 0.2) is 0 Å². The molecule has 1 N–H and O–H groups in total. The van der Waals surface area contributed by atoms with Gasteiger partial charge in [-0.2, -0.15) is 0 Å². The second kappa shape index (κ2) is 6.58. The SMILES string of the molecule is COCCC(C)(C)CNC1CCCN(C)C1. The van der Waals surface area contributed by atoms with Crippen molar-refractivity contribution < 1.29 is 4.74 Å². The fourth-order valence-electron chi connectivity index (χ4n) is 2.22. The quantitative estimate of drug-likeness (QED) is 0.749. The maximum Gasteiger partial charge on any atom is 0.0467 e. The zero-order chi connectivity index (χ0) is 12.0. The van der Waals surface area contributed by atoms with Crippen molar-refractivity contribution in [2.75, 3.05) is 40.4 Å². The van der Waals surface area contributed by atoms with Crippen LogP contribution in [-0.4, -0.2) is 51.3 Å². The summed E-state index contributed by atoms with van der Waals surface area (Å²) in [6.07, 6.45) is 3.77. The molecule has 1 aliphatic rings. The lowest BCUT2D eigenvalue weighted by atomic mass is 9.89. The van der Waals surface area contributed by atoms with Crippen LogP contribution in [-0.2, 0) is 4.74 Å². The first-order valence-electron chi connectivity index (χ1n) is 6.44. The number of nitrogens with zero attached hydrogens (tertiary/aromatic N) is 1. The zero-order valence-electron chi connectivity index (χ0n) is 11.4.